The SMILES string of the molecule is CNS(=O)(=O)c1cc(C(=O)NCC(O)c2ccc(OC(F)(F)F)cc2)cc(C)c1C. The molecule has 30 heavy (non-hydrogen) atoms. The summed E-state index contributed by atoms with van der Waals surface area (Å²) in [5.74, 6) is -1.04. The summed E-state index contributed by atoms with van der Waals surface area (Å²) < 4.78 is 66.8. The third-order valence-electron chi connectivity index (χ3n) is 4.39. The van der Waals surface area contributed by atoms with Gasteiger partial charge in [-0.25, -0.2) is 13.1 Å². The molecule has 1 amide bonds. The summed E-state index contributed by atoms with van der Waals surface area (Å²) in [4.78, 5) is 12.4. The fourth-order valence-electron chi connectivity index (χ4n) is 2.65. The van der Waals surface area contributed by atoms with Crippen LogP contribution in [0.1, 0.15) is 33.2 Å². The molecule has 0 saturated heterocycles. The predicted octanol–water partition coefficient (Wildman–Crippen LogP) is 2.57. The Hall–Kier alpha value is -2.63. The van der Waals surface area contributed by atoms with Crippen molar-refractivity contribution in [1.82, 2.24) is 10.0 Å². The van der Waals surface area contributed by atoms with Crippen LogP contribution in [0.15, 0.2) is 41.3 Å². The number of sulfonamides is 1. The zero-order valence-corrected chi connectivity index (χ0v) is 17.2. The largest absolute Gasteiger partial charge is 0.573 e. The van der Waals surface area contributed by atoms with Crippen LogP contribution in [0.4, 0.5) is 13.2 Å². The van der Waals surface area contributed by atoms with Gasteiger partial charge in [-0.15, -0.1) is 13.2 Å². The van der Waals surface area contributed by atoms with E-state index in [9.17, 15) is 31.5 Å². The van der Waals surface area contributed by atoms with Gasteiger partial charge in [0.25, 0.3) is 5.91 Å². The lowest BCUT2D eigenvalue weighted by atomic mass is 10.1. The van der Waals surface area contributed by atoms with E-state index in [4.69, 9.17) is 0 Å². The summed E-state index contributed by atoms with van der Waals surface area (Å²) in [6, 6.07) is 7.34. The summed E-state index contributed by atoms with van der Waals surface area (Å²) in [7, 11) is -2.51. The highest BCUT2D eigenvalue weighted by molar-refractivity contribution is 7.89. The fourth-order valence-corrected chi connectivity index (χ4v) is 3.71. The van der Waals surface area contributed by atoms with E-state index in [1.165, 1.54) is 31.3 Å². The van der Waals surface area contributed by atoms with E-state index < -0.39 is 34.1 Å². The van der Waals surface area contributed by atoms with Crippen molar-refractivity contribution in [2.75, 3.05) is 13.6 Å². The first kappa shape index (κ1) is 23.6. The van der Waals surface area contributed by atoms with Gasteiger partial charge in [0, 0.05) is 12.1 Å². The van der Waals surface area contributed by atoms with E-state index >= 15 is 0 Å². The highest BCUT2D eigenvalue weighted by Crippen LogP contribution is 2.25. The number of hydrogen-bond donors (Lipinski definition) is 3. The molecule has 0 bridgehead atoms. The highest BCUT2D eigenvalue weighted by Gasteiger charge is 2.31. The number of aryl methyl sites for hydroxylation is 1. The van der Waals surface area contributed by atoms with Gasteiger partial charge in [0.2, 0.25) is 10.0 Å². The topological polar surface area (TPSA) is 105 Å². The molecular weight excluding hydrogens is 425 g/mol. The molecule has 7 nitrogen and oxygen atoms in total. The van der Waals surface area contributed by atoms with Gasteiger partial charge < -0.3 is 15.2 Å². The molecule has 164 valence electrons. The molecule has 1 atom stereocenters. The summed E-state index contributed by atoms with van der Waals surface area (Å²) in [5, 5.41) is 12.7. The Balaban J connectivity index is 2.10. The Bertz CT molecular complexity index is 1020. The Labute approximate surface area is 171 Å². The van der Waals surface area contributed by atoms with Crippen molar-refractivity contribution in [2.24, 2.45) is 0 Å². The minimum Gasteiger partial charge on any atom is -0.406 e. The molecule has 0 heterocycles. The standard InChI is InChI=1S/C19H21F3N2O5S/c1-11-8-14(9-17(12(11)2)30(27,28)23-3)18(26)24-10-16(25)13-4-6-15(7-5-13)29-19(20,21)22/h4-9,16,23,25H,10H2,1-3H3,(H,24,26). The van der Waals surface area contributed by atoms with E-state index in [0.717, 1.165) is 12.1 Å². The maximum Gasteiger partial charge on any atom is 0.573 e. The van der Waals surface area contributed by atoms with Crippen LogP contribution in [0.25, 0.3) is 0 Å². The van der Waals surface area contributed by atoms with Gasteiger partial charge in [0.1, 0.15) is 5.75 Å². The Morgan fingerprint density at radius 3 is 2.30 bits per heavy atom. The molecule has 0 aliphatic rings. The number of aliphatic hydroxyl groups is 1. The number of nitrogens with one attached hydrogen (secondary N) is 2. The molecule has 1 unspecified atom stereocenters. The monoisotopic (exact) mass is 446 g/mol. The molecule has 0 saturated carbocycles. The average Bonchev–Trinajstić information content (AvgIpc) is 2.67. The minimum atomic E-state index is -4.82. The third kappa shape index (κ3) is 5.94. The molecule has 0 aliphatic carbocycles. The van der Waals surface area contributed by atoms with Crippen LogP contribution < -0.4 is 14.8 Å². The van der Waals surface area contributed by atoms with Crippen LogP contribution in [0.3, 0.4) is 0 Å². The summed E-state index contributed by atoms with van der Waals surface area (Å²) in [6.45, 7) is 3.05. The molecule has 0 radical (unpaired) electrons. The van der Waals surface area contributed by atoms with E-state index in [-0.39, 0.29) is 22.6 Å². The number of alkyl halides is 3. The number of halogens is 3. The maximum atomic E-state index is 12.4. The molecule has 0 fully saturated rings. The molecule has 3 N–H and O–H groups in total. The second-order valence-corrected chi connectivity index (χ2v) is 8.32. The Kier molecular flexibility index (Phi) is 7.11. The minimum absolute atomic E-state index is 0.0315. The van der Waals surface area contributed by atoms with Crippen molar-refractivity contribution < 1.29 is 36.2 Å². The van der Waals surface area contributed by atoms with Crippen molar-refractivity contribution in [3.05, 3.63) is 58.7 Å². The summed E-state index contributed by atoms with van der Waals surface area (Å²) in [5.41, 5.74) is 1.45. The predicted molar refractivity (Wildman–Crippen MR) is 103 cm³/mol. The van der Waals surface area contributed by atoms with Crippen molar-refractivity contribution >= 4 is 15.9 Å². The molecule has 0 spiro atoms. The van der Waals surface area contributed by atoms with Crippen LogP contribution in [-0.4, -0.2) is 39.4 Å². The van der Waals surface area contributed by atoms with E-state index in [1.54, 1.807) is 13.8 Å². The first-order valence-corrected chi connectivity index (χ1v) is 10.2. The normalized spacial score (nSPS) is 13.0. The number of rotatable bonds is 7. The molecule has 0 aliphatic heterocycles. The van der Waals surface area contributed by atoms with Crippen molar-refractivity contribution in [3.63, 3.8) is 0 Å². The molecule has 2 aromatic rings. The van der Waals surface area contributed by atoms with Gasteiger partial charge in [-0.3, -0.25) is 4.79 Å². The number of carbonyl (C=O) groups is 1. The van der Waals surface area contributed by atoms with Crippen LogP contribution in [0, 0.1) is 13.8 Å². The second kappa shape index (κ2) is 9.02. The lowest BCUT2D eigenvalue weighted by Crippen LogP contribution is -2.29. The quantitative estimate of drug-likeness (QED) is 0.607. The molecule has 11 heteroatoms. The van der Waals surface area contributed by atoms with Crippen LogP contribution in [0.5, 0.6) is 5.75 Å². The molecular formula is C19H21F3N2O5S. The van der Waals surface area contributed by atoms with E-state index in [1.807, 2.05) is 0 Å². The lowest BCUT2D eigenvalue weighted by molar-refractivity contribution is -0.274. The number of hydrogen-bond acceptors (Lipinski definition) is 5. The van der Waals surface area contributed by atoms with Crippen molar-refractivity contribution in [3.8, 4) is 5.75 Å². The Morgan fingerprint density at radius 1 is 1.17 bits per heavy atom. The molecule has 2 aromatic carbocycles. The Morgan fingerprint density at radius 2 is 1.77 bits per heavy atom. The number of carbonyl (C=O) groups excluding carboxylic acids is 1. The van der Waals surface area contributed by atoms with Gasteiger partial charge in [0.05, 0.1) is 11.0 Å². The first-order chi connectivity index (χ1) is 13.8. The highest BCUT2D eigenvalue weighted by atomic mass is 32.2. The lowest BCUT2D eigenvalue weighted by Gasteiger charge is -2.15. The number of benzene rings is 2. The average molecular weight is 446 g/mol. The summed E-state index contributed by atoms with van der Waals surface area (Å²) in [6.07, 6.45) is -6.01. The maximum absolute atomic E-state index is 12.4. The zero-order valence-electron chi connectivity index (χ0n) is 16.4. The van der Waals surface area contributed by atoms with Gasteiger partial charge in [-0.1, -0.05) is 12.1 Å². The van der Waals surface area contributed by atoms with E-state index in [2.05, 4.69) is 14.8 Å². The number of ether oxygens (including phenoxy) is 1. The van der Waals surface area contributed by atoms with Gasteiger partial charge in [-0.05, 0) is 61.9 Å². The van der Waals surface area contributed by atoms with Gasteiger partial charge in [-0.2, -0.15) is 0 Å². The van der Waals surface area contributed by atoms with Gasteiger partial charge in [0.15, 0.2) is 0 Å². The third-order valence-corrected chi connectivity index (χ3v) is 5.94. The summed E-state index contributed by atoms with van der Waals surface area (Å²) >= 11 is 0. The van der Waals surface area contributed by atoms with Crippen LogP contribution in [-0.2, 0) is 10.0 Å². The van der Waals surface area contributed by atoms with Crippen LogP contribution >= 0.6 is 0 Å². The van der Waals surface area contributed by atoms with Gasteiger partial charge >= 0.3 is 6.36 Å². The smallest absolute Gasteiger partial charge is 0.406 e. The fraction of sp³-hybridized carbons (Fsp3) is 0.316. The van der Waals surface area contributed by atoms with Crippen molar-refractivity contribution in [2.45, 2.75) is 31.2 Å². The number of amides is 1. The van der Waals surface area contributed by atoms with Crippen molar-refractivity contribution in [1.29, 1.82) is 0 Å². The first-order valence-electron chi connectivity index (χ1n) is 8.71. The molecule has 2 rings (SSSR count). The van der Waals surface area contributed by atoms with E-state index in [0.29, 0.717) is 11.1 Å². The van der Waals surface area contributed by atoms with Crippen LogP contribution in [0.2, 0.25) is 0 Å². The number of aliphatic hydroxyl groups excluding tert-OH is 1. The zero-order chi connectivity index (χ0) is 22.7. The second-order valence-electron chi connectivity index (χ2n) is 6.47. The molecule has 0 aromatic heterocycles.